The summed E-state index contributed by atoms with van der Waals surface area (Å²) in [6, 6.07) is 11.3. The van der Waals surface area contributed by atoms with Gasteiger partial charge in [-0.05, 0) is 62.2 Å². The summed E-state index contributed by atoms with van der Waals surface area (Å²) < 4.78 is 28.6. The fraction of sp³-hybridized carbons (Fsp3) is 0.304. The lowest BCUT2D eigenvalue weighted by Crippen LogP contribution is -2.36. The van der Waals surface area contributed by atoms with E-state index < -0.39 is 27.9 Å². The quantitative estimate of drug-likeness (QED) is 0.648. The molecule has 0 fully saturated rings. The highest BCUT2D eigenvalue weighted by Crippen LogP contribution is 2.33. The Balaban J connectivity index is 1.61. The number of hydrogen-bond donors (Lipinski definition) is 1. The summed E-state index contributed by atoms with van der Waals surface area (Å²) in [6.07, 6.45) is 2.03. The molecule has 0 atom stereocenters. The molecule has 2 heterocycles. The van der Waals surface area contributed by atoms with E-state index in [9.17, 15) is 18.0 Å². The summed E-state index contributed by atoms with van der Waals surface area (Å²) >= 11 is 0. The summed E-state index contributed by atoms with van der Waals surface area (Å²) in [5.74, 6) is -0.479. The van der Waals surface area contributed by atoms with Gasteiger partial charge >= 0.3 is 0 Å². The molecule has 1 N–H and O–H groups in total. The summed E-state index contributed by atoms with van der Waals surface area (Å²) in [5, 5.41) is 3.83. The van der Waals surface area contributed by atoms with Gasteiger partial charge in [0.25, 0.3) is 21.8 Å². The largest absolute Gasteiger partial charge is 0.347 e. The topological polar surface area (TPSA) is 88.5 Å². The lowest BCUT2D eigenvalue weighted by molar-refractivity contribution is 0.0846. The van der Waals surface area contributed by atoms with E-state index in [-0.39, 0.29) is 16.0 Å². The van der Waals surface area contributed by atoms with E-state index in [0.29, 0.717) is 11.6 Å². The van der Waals surface area contributed by atoms with Crippen LogP contribution in [0.2, 0.25) is 0 Å². The minimum atomic E-state index is -3.96. The maximum atomic E-state index is 12.8. The van der Waals surface area contributed by atoms with Crippen molar-refractivity contribution >= 4 is 38.4 Å². The van der Waals surface area contributed by atoms with Crippen molar-refractivity contribution in [1.82, 2.24) is 8.87 Å². The van der Waals surface area contributed by atoms with Crippen LogP contribution in [0.5, 0.6) is 0 Å². The number of nitrogens with one attached hydrogen (secondary N) is 1. The number of carbonyl (C=O) groups is 2. The van der Waals surface area contributed by atoms with Gasteiger partial charge in [-0.3, -0.25) is 9.59 Å². The number of amides is 2. The summed E-state index contributed by atoms with van der Waals surface area (Å²) in [4.78, 5) is 25.1. The van der Waals surface area contributed by atoms with Gasteiger partial charge in [0.05, 0.1) is 5.56 Å². The van der Waals surface area contributed by atoms with Gasteiger partial charge in [0, 0.05) is 40.9 Å². The van der Waals surface area contributed by atoms with E-state index in [0.717, 1.165) is 21.8 Å². The molecule has 7 nitrogen and oxygen atoms in total. The summed E-state index contributed by atoms with van der Waals surface area (Å²) in [5.41, 5.74) is 1.97. The molecule has 1 aliphatic rings. The van der Waals surface area contributed by atoms with Crippen LogP contribution in [0, 0.1) is 5.92 Å². The Labute approximate surface area is 181 Å². The van der Waals surface area contributed by atoms with Crippen molar-refractivity contribution in [2.75, 3.05) is 5.32 Å². The molecular formula is C23H25N3O4S. The standard InChI is InChI=1S/C23H25N3O4S/c1-14(2)13-25-10-9-16-11-18(6-8-20(16)25)24-22(27)17-5-7-19-21(12-17)31(29,30)26(15(3)4)23(19)28/h5-12,14-15H,13H2,1-4H3,(H,24,27). The molecule has 0 radical (unpaired) electrons. The molecule has 0 spiro atoms. The van der Waals surface area contributed by atoms with Gasteiger partial charge in [0.2, 0.25) is 0 Å². The van der Waals surface area contributed by atoms with Crippen molar-refractivity contribution in [3.63, 3.8) is 0 Å². The second kappa shape index (κ2) is 7.53. The van der Waals surface area contributed by atoms with Crippen molar-refractivity contribution in [3.05, 3.63) is 59.8 Å². The Morgan fingerprint density at radius 3 is 2.45 bits per heavy atom. The number of nitrogens with zero attached hydrogens (tertiary/aromatic N) is 2. The third-order valence-corrected chi connectivity index (χ3v) is 7.27. The Bertz CT molecular complexity index is 1310. The Morgan fingerprint density at radius 1 is 1.03 bits per heavy atom. The molecule has 0 bridgehead atoms. The minimum Gasteiger partial charge on any atom is -0.347 e. The van der Waals surface area contributed by atoms with Crippen molar-refractivity contribution in [2.24, 2.45) is 5.92 Å². The first-order chi connectivity index (χ1) is 14.6. The van der Waals surface area contributed by atoms with Gasteiger partial charge in [-0.15, -0.1) is 0 Å². The average Bonchev–Trinajstić information content (AvgIpc) is 3.16. The number of carbonyl (C=O) groups excluding carboxylic acids is 2. The number of hydrogen-bond acceptors (Lipinski definition) is 4. The molecule has 31 heavy (non-hydrogen) atoms. The smallest absolute Gasteiger partial charge is 0.269 e. The van der Waals surface area contributed by atoms with E-state index in [2.05, 4.69) is 23.7 Å². The molecule has 162 valence electrons. The maximum Gasteiger partial charge on any atom is 0.269 e. The first-order valence-corrected chi connectivity index (χ1v) is 11.7. The Hall–Kier alpha value is -3.13. The molecule has 2 aromatic carbocycles. The van der Waals surface area contributed by atoms with Crippen molar-refractivity contribution in [2.45, 2.75) is 45.2 Å². The fourth-order valence-electron chi connectivity index (χ4n) is 3.93. The molecule has 2 amide bonds. The van der Waals surface area contributed by atoms with Crippen LogP contribution in [0.25, 0.3) is 10.9 Å². The zero-order valence-corrected chi connectivity index (χ0v) is 18.7. The van der Waals surface area contributed by atoms with E-state index in [1.54, 1.807) is 13.8 Å². The van der Waals surface area contributed by atoms with E-state index in [1.165, 1.54) is 18.2 Å². The van der Waals surface area contributed by atoms with Crippen LogP contribution in [-0.2, 0) is 16.6 Å². The van der Waals surface area contributed by atoms with Gasteiger partial charge < -0.3 is 9.88 Å². The number of sulfonamides is 1. The van der Waals surface area contributed by atoms with Crippen LogP contribution < -0.4 is 5.32 Å². The molecule has 4 rings (SSSR count). The SMILES string of the molecule is CC(C)Cn1ccc2cc(NC(=O)c3ccc4c(c3)S(=O)(=O)N(C(C)C)C4=O)ccc21. The van der Waals surface area contributed by atoms with Crippen molar-refractivity contribution < 1.29 is 18.0 Å². The van der Waals surface area contributed by atoms with Gasteiger partial charge in [-0.1, -0.05) is 13.8 Å². The predicted molar refractivity (Wildman–Crippen MR) is 120 cm³/mol. The number of anilines is 1. The van der Waals surface area contributed by atoms with E-state index in [4.69, 9.17) is 0 Å². The molecule has 0 saturated carbocycles. The molecular weight excluding hydrogens is 414 g/mol. The Morgan fingerprint density at radius 2 is 1.77 bits per heavy atom. The average molecular weight is 440 g/mol. The highest BCUT2D eigenvalue weighted by atomic mass is 32.2. The third-order valence-electron chi connectivity index (χ3n) is 5.27. The number of fused-ring (bicyclic) bond motifs is 2. The summed E-state index contributed by atoms with van der Waals surface area (Å²) in [6.45, 7) is 8.50. The number of aromatic nitrogens is 1. The predicted octanol–water partition coefficient (Wildman–Crippen LogP) is 4.10. The minimum absolute atomic E-state index is 0.0955. The van der Waals surface area contributed by atoms with Crippen LogP contribution in [0.15, 0.2) is 53.6 Å². The van der Waals surface area contributed by atoms with Gasteiger partial charge in [-0.2, -0.15) is 0 Å². The highest BCUT2D eigenvalue weighted by Gasteiger charge is 2.42. The third kappa shape index (κ3) is 3.61. The molecule has 0 saturated heterocycles. The van der Waals surface area contributed by atoms with Crippen LogP contribution >= 0.6 is 0 Å². The molecule has 8 heteroatoms. The van der Waals surface area contributed by atoms with Gasteiger partial charge in [0.15, 0.2) is 0 Å². The molecule has 0 aliphatic carbocycles. The Kier molecular flexibility index (Phi) is 5.13. The lowest BCUT2D eigenvalue weighted by Gasteiger charge is -2.18. The maximum absolute atomic E-state index is 12.8. The van der Waals surface area contributed by atoms with Crippen molar-refractivity contribution in [1.29, 1.82) is 0 Å². The van der Waals surface area contributed by atoms with Gasteiger partial charge in [-0.25, -0.2) is 12.7 Å². The highest BCUT2D eigenvalue weighted by molar-refractivity contribution is 7.90. The number of rotatable bonds is 5. The molecule has 1 aliphatic heterocycles. The van der Waals surface area contributed by atoms with Crippen LogP contribution in [-0.4, -0.2) is 35.1 Å². The van der Waals surface area contributed by atoms with Gasteiger partial charge in [0.1, 0.15) is 4.90 Å². The second-order valence-electron chi connectivity index (χ2n) is 8.50. The van der Waals surface area contributed by atoms with E-state index in [1.807, 2.05) is 30.5 Å². The monoisotopic (exact) mass is 439 g/mol. The normalized spacial score (nSPS) is 15.2. The van der Waals surface area contributed by atoms with Crippen LogP contribution in [0.4, 0.5) is 5.69 Å². The van der Waals surface area contributed by atoms with Crippen LogP contribution in [0.1, 0.15) is 48.4 Å². The first-order valence-electron chi connectivity index (χ1n) is 10.2. The molecule has 1 aromatic heterocycles. The number of benzene rings is 2. The van der Waals surface area contributed by atoms with Crippen LogP contribution in [0.3, 0.4) is 0 Å². The zero-order chi connectivity index (χ0) is 22.5. The fourth-order valence-corrected chi connectivity index (χ4v) is 5.73. The zero-order valence-electron chi connectivity index (χ0n) is 17.9. The summed E-state index contributed by atoms with van der Waals surface area (Å²) in [7, 11) is -3.96. The molecule has 3 aromatic rings. The van der Waals surface area contributed by atoms with Crippen molar-refractivity contribution in [3.8, 4) is 0 Å². The lowest BCUT2D eigenvalue weighted by atomic mass is 10.1. The first kappa shape index (κ1) is 21.1. The van der Waals surface area contributed by atoms with E-state index >= 15 is 0 Å². The second-order valence-corrected chi connectivity index (χ2v) is 10.3. The molecule has 0 unspecified atom stereocenters.